The number of carbonyl (C=O) groups excluding carboxylic acids is 1. The van der Waals surface area contributed by atoms with Crippen molar-refractivity contribution in [2.75, 3.05) is 6.54 Å². The van der Waals surface area contributed by atoms with Crippen LogP contribution in [0.2, 0.25) is 0 Å². The van der Waals surface area contributed by atoms with Crippen molar-refractivity contribution in [2.45, 2.75) is 6.54 Å². The molecule has 2 aromatic heterocycles. The lowest BCUT2D eigenvalue weighted by Gasteiger charge is -2.05. The summed E-state index contributed by atoms with van der Waals surface area (Å²) in [7, 11) is 0. The fraction of sp³-hybridized carbons (Fsp3) is 0.143. The van der Waals surface area contributed by atoms with Crippen LogP contribution >= 0.6 is 0 Å². The number of hydrogen-bond donors (Lipinski definition) is 2. The largest absolute Gasteiger partial charge is 0.359 e. The summed E-state index contributed by atoms with van der Waals surface area (Å²) in [6, 6.07) is 9.60. The lowest BCUT2D eigenvalue weighted by Crippen LogP contribution is -2.24. The van der Waals surface area contributed by atoms with E-state index in [1.54, 1.807) is 0 Å². The minimum atomic E-state index is -0.0257. The molecule has 94 valence electrons. The van der Waals surface area contributed by atoms with E-state index < -0.39 is 0 Å². The quantitative estimate of drug-likeness (QED) is 0.693. The molecule has 0 aliphatic carbocycles. The fourth-order valence-electron chi connectivity index (χ4n) is 2.64. The summed E-state index contributed by atoms with van der Waals surface area (Å²) in [6.07, 6.45) is 1.88. The molecule has 0 saturated heterocycles. The number of imidazole rings is 1. The van der Waals surface area contributed by atoms with E-state index >= 15 is 0 Å². The molecule has 1 aliphatic heterocycles. The van der Waals surface area contributed by atoms with Crippen LogP contribution in [0.15, 0.2) is 36.5 Å². The minimum absolute atomic E-state index is 0.0257. The van der Waals surface area contributed by atoms with Crippen LogP contribution in [0.25, 0.3) is 22.6 Å². The molecule has 5 heteroatoms. The van der Waals surface area contributed by atoms with Gasteiger partial charge in [-0.1, -0.05) is 6.07 Å². The second-order valence-electron chi connectivity index (χ2n) is 4.60. The van der Waals surface area contributed by atoms with Crippen LogP contribution in [0, 0.1) is 0 Å². The average Bonchev–Trinajstić information content (AvgIpc) is 3.01. The molecule has 0 unspecified atom stereocenters. The summed E-state index contributed by atoms with van der Waals surface area (Å²) in [5.74, 6) is 0.853. The van der Waals surface area contributed by atoms with E-state index in [2.05, 4.69) is 19.9 Å². The number of benzene rings is 1. The Balaban J connectivity index is 2.10. The maximum Gasteiger partial charge on any atom is 0.253 e. The summed E-state index contributed by atoms with van der Waals surface area (Å²) < 4.78 is 2.11. The molecule has 0 spiro atoms. The number of para-hydroxylation sites is 1. The molecule has 0 saturated carbocycles. The number of aromatic nitrogens is 3. The Morgan fingerprint density at radius 2 is 2.16 bits per heavy atom. The lowest BCUT2D eigenvalue weighted by molar-refractivity contribution is 0.0956. The Hall–Kier alpha value is -2.56. The van der Waals surface area contributed by atoms with Gasteiger partial charge in [-0.2, -0.15) is 0 Å². The lowest BCUT2D eigenvalue weighted by atomic mass is 10.2. The average molecular weight is 252 g/mol. The number of amides is 1. The Bertz CT molecular complexity index is 770. The Morgan fingerprint density at radius 1 is 1.21 bits per heavy atom. The summed E-state index contributed by atoms with van der Waals surface area (Å²) in [6.45, 7) is 1.35. The van der Waals surface area contributed by atoms with E-state index in [0.29, 0.717) is 12.1 Å². The first kappa shape index (κ1) is 10.4. The zero-order valence-corrected chi connectivity index (χ0v) is 10.2. The van der Waals surface area contributed by atoms with Gasteiger partial charge in [0.2, 0.25) is 0 Å². The van der Waals surface area contributed by atoms with Crippen LogP contribution in [-0.2, 0) is 6.54 Å². The molecule has 3 aromatic rings. The van der Waals surface area contributed by atoms with E-state index in [1.165, 1.54) is 0 Å². The highest BCUT2D eigenvalue weighted by molar-refractivity contribution is 6.06. The maximum atomic E-state index is 12.0. The van der Waals surface area contributed by atoms with Gasteiger partial charge in [0, 0.05) is 19.3 Å². The molecule has 0 bridgehead atoms. The van der Waals surface area contributed by atoms with Crippen LogP contribution in [-0.4, -0.2) is 27.0 Å². The number of H-pyrrole nitrogens is 1. The number of aromatic amines is 1. The minimum Gasteiger partial charge on any atom is -0.359 e. The van der Waals surface area contributed by atoms with Gasteiger partial charge in [-0.25, -0.2) is 4.98 Å². The van der Waals surface area contributed by atoms with Crippen LogP contribution < -0.4 is 5.32 Å². The summed E-state index contributed by atoms with van der Waals surface area (Å²) >= 11 is 0. The SMILES string of the molecule is O=C1NCCn2c(-c3ccc[nH]3)nc3cccc1c32. The predicted octanol–water partition coefficient (Wildman–Crippen LogP) is 1.77. The third-order valence-corrected chi connectivity index (χ3v) is 3.47. The van der Waals surface area contributed by atoms with Crippen molar-refractivity contribution in [3.63, 3.8) is 0 Å². The summed E-state index contributed by atoms with van der Waals surface area (Å²) in [5.41, 5.74) is 3.44. The van der Waals surface area contributed by atoms with Crippen molar-refractivity contribution in [1.29, 1.82) is 0 Å². The monoisotopic (exact) mass is 252 g/mol. The zero-order chi connectivity index (χ0) is 12.8. The number of carbonyl (C=O) groups is 1. The number of rotatable bonds is 1. The van der Waals surface area contributed by atoms with Crippen molar-refractivity contribution in [3.05, 3.63) is 42.1 Å². The van der Waals surface area contributed by atoms with Gasteiger partial charge in [0.1, 0.15) is 0 Å². The standard InChI is InChI=1S/C14H12N4O/c19-14-9-3-1-4-10-12(9)18(8-7-16-14)13(17-10)11-5-2-6-15-11/h1-6,15H,7-8H2,(H,16,19). The van der Waals surface area contributed by atoms with E-state index in [1.807, 2.05) is 36.5 Å². The van der Waals surface area contributed by atoms with Gasteiger partial charge < -0.3 is 14.9 Å². The molecular formula is C14H12N4O. The molecular weight excluding hydrogens is 240 g/mol. The third kappa shape index (κ3) is 1.41. The first-order chi connectivity index (χ1) is 9.34. The van der Waals surface area contributed by atoms with Crippen LogP contribution in [0.5, 0.6) is 0 Å². The van der Waals surface area contributed by atoms with E-state index in [0.717, 1.165) is 29.1 Å². The van der Waals surface area contributed by atoms with Gasteiger partial charge in [0.25, 0.3) is 5.91 Å². The predicted molar refractivity (Wildman–Crippen MR) is 71.9 cm³/mol. The normalized spacial score (nSPS) is 14.4. The van der Waals surface area contributed by atoms with Crippen molar-refractivity contribution in [2.24, 2.45) is 0 Å². The molecule has 0 atom stereocenters. The van der Waals surface area contributed by atoms with Gasteiger partial charge >= 0.3 is 0 Å². The number of hydrogen-bond acceptors (Lipinski definition) is 2. The van der Waals surface area contributed by atoms with Crippen molar-refractivity contribution >= 4 is 16.9 Å². The van der Waals surface area contributed by atoms with Gasteiger partial charge in [-0.05, 0) is 24.3 Å². The molecule has 0 fully saturated rings. The Labute approximate surface area is 109 Å². The third-order valence-electron chi connectivity index (χ3n) is 3.47. The summed E-state index contributed by atoms with van der Waals surface area (Å²) in [4.78, 5) is 19.9. The smallest absolute Gasteiger partial charge is 0.253 e. The maximum absolute atomic E-state index is 12.0. The Morgan fingerprint density at radius 3 is 3.00 bits per heavy atom. The second kappa shape index (κ2) is 3.71. The van der Waals surface area contributed by atoms with Crippen LogP contribution in [0.4, 0.5) is 0 Å². The van der Waals surface area contributed by atoms with Crippen molar-refractivity contribution < 1.29 is 4.79 Å². The van der Waals surface area contributed by atoms with Crippen molar-refractivity contribution in [1.82, 2.24) is 19.9 Å². The van der Waals surface area contributed by atoms with Gasteiger partial charge in [-0.3, -0.25) is 4.79 Å². The fourth-order valence-corrected chi connectivity index (χ4v) is 2.64. The zero-order valence-electron chi connectivity index (χ0n) is 10.2. The highest BCUT2D eigenvalue weighted by Crippen LogP contribution is 2.27. The molecule has 1 amide bonds. The Kier molecular flexibility index (Phi) is 2.03. The molecule has 2 N–H and O–H groups in total. The van der Waals surface area contributed by atoms with E-state index in [9.17, 15) is 4.79 Å². The molecule has 5 nitrogen and oxygen atoms in total. The van der Waals surface area contributed by atoms with Gasteiger partial charge in [0.05, 0.1) is 22.3 Å². The first-order valence-electron chi connectivity index (χ1n) is 6.26. The van der Waals surface area contributed by atoms with Gasteiger partial charge in [0.15, 0.2) is 5.82 Å². The van der Waals surface area contributed by atoms with Crippen LogP contribution in [0.1, 0.15) is 10.4 Å². The van der Waals surface area contributed by atoms with Crippen LogP contribution in [0.3, 0.4) is 0 Å². The highest BCUT2D eigenvalue weighted by atomic mass is 16.1. The molecule has 4 rings (SSSR count). The second-order valence-corrected chi connectivity index (χ2v) is 4.60. The molecule has 19 heavy (non-hydrogen) atoms. The number of nitrogens with zero attached hydrogens (tertiary/aromatic N) is 2. The molecule has 3 heterocycles. The van der Waals surface area contributed by atoms with Crippen molar-refractivity contribution in [3.8, 4) is 11.5 Å². The van der Waals surface area contributed by atoms with E-state index in [-0.39, 0.29) is 5.91 Å². The molecule has 1 aromatic carbocycles. The van der Waals surface area contributed by atoms with Gasteiger partial charge in [-0.15, -0.1) is 0 Å². The first-order valence-corrected chi connectivity index (χ1v) is 6.26. The molecule has 0 radical (unpaired) electrons. The highest BCUT2D eigenvalue weighted by Gasteiger charge is 2.21. The number of nitrogens with one attached hydrogen (secondary N) is 2. The van der Waals surface area contributed by atoms with E-state index in [4.69, 9.17) is 0 Å². The molecule has 1 aliphatic rings. The summed E-state index contributed by atoms with van der Waals surface area (Å²) in [5, 5.41) is 2.91. The topological polar surface area (TPSA) is 62.7 Å².